The second-order valence-corrected chi connectivity index (χ2v) is 12.6. The van der Waals surface area contributed by atoms with Crippen LogP contribution in [-0.4, -0.2) is 19.5 Å². The molecule has 0 bridgehead atoms. The van der Waals surface area contributed by atoms with Crippen molar-refractivity contribution in [2.75, 3.05) is 0 Å². The van der Waals surface area contributed by atoms with E-state index in [0.29, 0.717) is 28.6 Å². The van der Waals surface area contributed by atoms with E-state index in [-0.39, 0.29) is 5.82 Å². The van der Waals surface area contributed by atoms with Gasteiger partial charge in [0.05, 0.1) is 16.7 Å². The van der Waals surface area contributed by atoms with Crippen LogP contribution in [0.15, 0.2) is 168 Å². The van der Waals surface area contributed by atoms with E-state index in [4.69, 9.17) is 19.4 Å². The van der Waals surface area contributed by atoms with Crippen LogP contribution in [0.5, 0.6) is 0 Å². The van der Waals surface area contributed by atoms with Crippen LogP contribution in [-0.2, 0) is 0 Å². The third-order valence-corrected chi connectivity index (χ3v) is 9.53. The molecule has 0 saturated carbocycles. The lowest BCUT2D eigenvalue weighted by atomic mass is 9.99. The van der Waals surface area contributed by atoms with Crippen LogP contribution >= 0.6 is 0 Å². The maximum atomic E-state index is 15.9. The monoisotopic (exact) mass is 658 g/mol. The normalized spacial score (nSPS) is 11.6. The zero-order chi connectivity index (χ0) is 33.9. The molecule has 10 aromatic rings. The number of aromatic nitrogens is 4. The Hall–Kier alpha value is -6.92. The molecule has 3 heterocycles. The van der Waals surface area contributed by atoms with Crippen molar-refractivity contribution in [1.29, 1.82) is 0 Å². The first-order valence-corrected chi connectivity index (χ1v) is 16.8. The molecular weight excluding hydrogens is 632 g/mol. The first kappa shape index (κ1) is 29.0. The second kappa shape index (κ2) is 11.6. The van der Waals surface area contributed by atoms with Crippen LogP contribution in [0, 0.1) is 5.82 Å². The minimum atomic E-state index is -0.314. The van der Waals surface area contributed by atoms with Gasteiger partial charge in [0, 0.05) is 49.4 Å². The SMILES string of the molecule is Fc1ccccc1-c1cc(-c2nc(-c3ccccc3)nc(-c3ccccc3)n2)ccc1-n1c2ccccc2c2cc3oc4ccccc4c3cc21. The minimum absolute atomic E-state index is 0.314. The molecule has 0 fully saturated rings. The highest BCUT2D eigenvalue weighted by Gasteiger charge is 2.21. The highest BCUT2D eigenvalue weighted by Crippen LogP contribution is 2.41. The molecule has 0 aliphatic rings. The van der Waals surface area contributed by atoms with Crippen LogP contribution in [0.2, 0.25) is 0 Å². The van der Waals surface area contributed by atoms with Gasteiger partial charge in [0.25, 0.3) is 0 Å². The van der Waals surface area contributed by atoms with E-state index >= 15 is 4.39 Å². The summed E-state index contributed by atoms with van der Waals surface area (Å²) in [5.74, 6) is 1.32. The summed E-state index contributed by atoms with van der Waals surface area (Å²) in [5, 5.41) is 4.21. The first-order valence-electron chi connectivity index (χ1n) is 16.8. The Morgan fingerprint density at radius 1 is 0.412 bits per heavy atom. The van der Waals surface area contributed by atoms with Crippen molar-refractivity contribution in [2.24, 2.45) is 0 Å². The Morgan fingerprint density at radius 2 is 1.02 bits per heavy atom. The zero-order valence-electron chi connectivity index (χ0n) is 27.2. The van der Waals surface area contributed by atoms with Gasteiger partial charge in [-0.15, -0.1) is 0 Å². The average molecular weight is 659 g/mol. The van der Waals surface area contributed by atoms with Gasteiger partial charge in [-0.2, -0.15) is 0 Å². The predicted octanol–water partition coefficient (Wildman–Crippen LogP) is 11.7. The molecule has 0 saturated heterocycles. The number of hydrogen-bond acceptors (Lipinski definition) is 4. The summed E-state index contributed by atoms with van der Waals surface area (Å²) >= 11 is 0. The summed E-state index contributed by atoms with van der Waals surface area (Å²) in [6.07, 6.45) is 0. The quantitative estimate of drug-likeness (QED) is 0.185. The Morgan fingerprint density at radius 3 is 1.75 bits per heavy atom. The number of hydrogen-bond donors (Lipinski definition) is 0. The Balaban J connectivity index is 1.26. The van der Waals surface area contributed by atoms with Crippen molar-refractivity contribution in [2.45, 2.75) is 0 Å². The number of fused-ring (bicyclic) bond motifs is 6. The molecule has 0 amide bonds. The molecule has 0 unspecified atom stereocenters. The van der Waals surface area contributed by atoms with Crippen molar-refractivity contribution in [3.63, 3.8) is 0 Å². The summed E-state index contributed by atoms with van der Waals surface area (Å²) < 4.78 is 24.4. The molecule has 0 radical (unpaired) electrons. The fraction of sp³-hybridized carbons (Fsp3) is 0. The summed E-state index contributed by atoms with van der Waals surface area (Å²) in [7, 11) is 0. The molecular formula is C45H27FN4O. The van der Waals surface area contributed by atoms with E-state index in [1.165, 1.54) is 6.07 Å². The van der Waals surface area contributed by atoms with Gasteiger partial charge in [-0.05, 0) is 48.5 Å². The van der Waals surface area contributed by atoms with E-state index in [9.17, 15) is 0 Å². The summed E-state index contributed by atoms with van der Waals surface area (Å²) in [6.45, 7) is 0. The maximum Gasteiger partial charge on any atom is 0.164 e. The third kappa shape index (κ3) is 4.80. The molecule has 0 N–H and O–H groups in total. The van der Waals surface area contributed by atoms with Crippen molar-refractivity contribution in [1.82, 2.24) is 19.5 Å². The number of para-hydroxylation sites is 2. The molecule has 0 atom stereocenters. The Labute approximate surface area is 291 Å². The lowest BCUT2D eigenvalue weighted by molar-refractivity contribution is 0.631. The number of nitrogens with zero attached hydrogens (tertiary/aromatic N) is 4. The van der Waals surface area contributed by atoms with Gasteiger partial charge in [0.1, 0.15) is 17.0 Å². The third-order valence-electron chi connectivity index (χ3n) is 9.53. The van der Waals surface area contributed by atoms with Crippen molar-refractivity contribution >= 4 is 43.7 Å². The highest BCUT2D eigenvalue weighted by molar-refractivity contribution is 6.17. The Kier molecular flexibility index (Phi) is 6.61. The highest BCUT2D eigenvalue weighted by atomic mass is 19.1. The molecule has 7 aromatic carbocycles. The molecule has 51 heavy (non-hydrogen) atoms. The van der Waals surface area contributed by atoms with E-state index in [0.717, 1.165) is 66.1 Å². The van der Waals surface area contributed by atoms with Gasteiger partial charge in [-0.25, -0.2) is 19.3 Å². The van der Waals surface area contributed by atoms with Crippen LogP contribution in [0.25, 0.3) is 94.7 Å². The van der Waals surface area contributed by atoms with Crippen LogP contribution in [0.1, 0.15) is 0 Å². The van der Waals surface area contributed by atoms with E-state index in [1.807, 2.05) is 115 Å². The summed E-state index contributed by atoms with van der Waals surface area (Å²) in [4.78, 5) is 14.8. The van der Waals surface area contributed by atoms with Crippen molar-refractivity contribution < 1.29 is 8.81 Å². The number of rotatable bonds is 5. The lowest BCUT2D eigenvalue weighted by Gasteiger charge is -2.16. The molecule has 0 aliphatic heterocycles. The predicted molar refractivity (Wildman–Crippen MR) is 203 cm³/mol. The smallest absolute Gasteiger partial charge is 0.164 e. The molecule has 10 rings (SSSR count). The van der Waals surface area contributed by atoms with E-state index in [2.05, 4.69) is 41.0 Å². The molecule has 0 aliphatic carbocycles. The first-order chi connectivity index (χ1) is 25.2. The molecule has 6 heteroatoms. The number of furan rings is 1. The van der Waals surface area contributed by atoms with Crippen molar-refractivity contribution in [3.05, 3.63) is 170 Å². The van der Waals surface area contributed by atoms with Gasteiger partial charge < -0.3 is 8.98 Å². The molecule has 240 valence electrons. The van der Waals surface area contributed by atoms with Gasteiger partial charge in [0.15, 0.2) is 17.5 Å². The average Bonchev–Trinajstić information content (AvgIpc) is 3.72. The van der Waals surface area contributed by atoms with E-state index < -0.39 is 0 Å². The molecule has 5 nitrogen and oxygen atoms in total. The lowest BCUT2D eigenvalue weighted by Crippen LogP contribution is -2.02. The summed E-state index contributed by atoms with van der Waals surface area (Å²) in [5.41, 5.74) is 8.22. The Bertz CT molecular complexity index is 2870. The van der Waals surface area contributed by atoms with Crippen LogP contribution < -0.4 is 0 Å². The van der Waals surface area contributed by atoms with Crippen LogP contribution in [0.4, 0.5) is 4.39 Å². The largest absolute Gasteiger partial charge is 0.456 e. The maximum absolute atomic E-state index is 15.9. The van der Waals surface area contributed by atoms with Crippen molar-refractivity contribution in [3.8, 4) is 51.0 Å². The van der Waals surface area contributed by atoms with E-state index in [1.54, 1.807) is 6.07 Å². The molecule has 3 aromatic heterocycles. The zero-order valence-corrected chi connectivity index (χ0v) is 27.2. The number of halogens is 1. The topological polar surface area (TPSA) is 56.7 Å². The van der Waals surface area contributed by atoms with Gasteiger partial charge in [-0.1, -0.05) is 115 Å². The minimum Gasteiger partial charge on any atom is -0.456 e. The van der Waals surface area contributed by atoms with Gasteiger partial charge in [-0.3, -0.25) is 0 Å². The van der Waals surface area contributed by atoms with Crippen LogP contribution in [0.3, 0.4) is 0 Å². The fourth-order valence-corrected chi connectivity index (χ4v) is 7.15. The number of benzene rings is 7. The fourth-order valence-electron chi connectivity index (χ4n) is 7.15. The standard InChI is InChI=1S/C45H27FN4O/c46-37-20-10-7-17-31(37)34-25-30(45-48-43(28-13-3-1-4-14-28)47-44(49-45)29-15-5-2-6-16-29)23-24-39(34)50-38-21-11-8-18-32(38)35-27-42-36(26-40(35)50)33-19-9-12-22-41(33)51-42/h1-27H. The van der Waals surface area contributed by atoms with Gasteiger partial charge in [0.2, 0.25) is 0 Å². The van der Waals surface area contributed by atoms with Gasteiger partial charge >= 0.3 is 0 Å². The second-order valence-electron chi connectivity index (χ2n) is 12.6. The summed E-state index contributed by atoms with van der Waals surface area (Å²) in [6, 6.07) is 53.5. The molecule has 0 spiro atoms.